The average molecular weight is 281 g/mol. The van der Waals surface area contributed by atoms with Crippen LogP contribution in [0.3, 0.4) is 0 Å². The number of imidazole rings is 1. The minimum absolute atomic E-state index is 0.354. The fourth-order valence-electron chi connectivity index (χ4n) is 1.36. The monoisotopic (exact) mass is 280 g/mol. The molecule has 0 atom stereocenters. The molecular formula is C11H9BrN2O2. The Morgan fingerprint density at radius 2 is 2.31 bits per heavy atom. The molecule has 2 rings (SSSR count). The minimum atomic E-state index is -0.354. The van der Waals surface area contributed by atoms with Crippen molar-refractivity contribution in [3.05, 3.63) is 40.6 Å². The van der Waals surface area contributed by atoms with Gasteiger partial charge in [-0.2, -0.15) is 0 Å². The van der Waals surface area contributed by atoms with Gasteiger partial charge in [0.2, 0.25) is 0 Å². The van der Waals surface area contributed by atoms with E-state index in [-0.39, 0.29) is 5.97 Å². The zero-order chi connectivity index (χ0) is 11.5. The largest absolute Gasteiger partial charge is 0.465 e. The van der Waals surface area contributed by atoms with Crippen molar-refractivity contribution in [2.24, 2.45) is 0 Å². The molecule has 0 spiro atoms. The van der Waals surface area contributed by atoms with Gasteiger partial charge in [-0.05, 0) is 28.1 Å². The summed E-state index contributed by atoms with van der Waals surface area (Å²) in [5, 5.41) is 0. The Morgan fingerprint density at radius 3 is 2.94 bits per heavy atom. The fourth-order valence-corrected chi connectivity index (χ4v) is 1.65. The molecule has 0 aliphatic heterocycles. The maximum absolute atomic E-state index is 11.3. The van der Waals surface area contributed by atoms with E-state index in [0.29, 0.717) is 11.4 Å². The summed E-state index contributed by atoms with van der Waals surface area (Å²) in [6.07, 6.45) is 1.74. The van der Waals surface area contributed by atoms with Gasteiger partial charge in [0.1, 0.15) is 10.4 Å². The number of esters is 1. The highest BCUT2D eigenvalue weighted by Crippen LogP contribution is 2.19. The number of methoxy groups -OCH3 is 1. The van der Waals surface area contributed by atoms with Crippen molar-refractivity contribution < 1.29 is 9.53 Å². The van der Waals surface area contributed by atoms with Gasteiger partial charge in [-0.15, -0.1) is 0 Å². The van der Waals surface area contributed by atoms with E-state index in [0.717, 1.165) is 10.2 Å². The van der Waals surface area contributed by atoms with E-state index < -0.39 is 0 Å². The van der Waals surface area contributed by atoms with Crippen molar-refractivity contribution in [1.29, 1.82) is 0 Å². The van der Waals surface area contributed by atoms with Crippen LogP contribution >= 0.6 is 15.9 Å². The predicted molar refractivity (Wildman–Crippen MR) is 63.1 cm³/mol. The number of rotatable bonds is 2. The molecule has 4 nitrogen and oxygen atoms in total. The molecule has 0 bridgehead atoms. The molecule has 1 aromatic heterocycles. The van der Waals surface area contributed by atoms with Crippen molar-refractivity contribution in [1.82, 2.24) is 9.97 Å². The van der Waals surface area contributed by atoms with Crippen LogP contribution in [-0.4, -0.2) is 23.0 Å². The van der Waals surface area contributed by atoms with Crippen molar-refractivity contribution in [2.75, 3.05) is 7.11 Å². The molecule has 0 saturated carbocycles. The standard InChI is InChI=1S/C11H9BrN2O2/c1-16-11(15)8-4-2-3-7(5-8)10-13-6-9(12)14-10/h2-6H,1H3,(H,13,14). The van der Waals surface area contributed by atoms with Crippen LogP contribution in [0.4, 0.5) is 0 Å². The van der Waals surface area contributed by atoms with Crippen LogP contribution in [-0.2, 0) is 4.74 Å². The van der Waals surface area contributed by atoms with Gasteiger partial charge < -0.3 is 9.72 Å². The molecule has 0 fully saturated rings. The molecule has 5 heteroatoms. The van der Waals surface area contributed by atoms with E-state index in [4.69, 9.17) is 0 Å². The third kappa shape index (κ3) is 2.14. The number of nitrogens with one attached hydrogen (secondary N) is 1. The predicted octanol–water partition coefficient (Wildman–Crippen LogP) is 2.63. The number of aromatic amines is 1. The third-order valence-corrected chi connectivity index (χ3v) is 2.51. The zero-order valence-corrected chi connectivity index (χ0v) is 10.1. The molecule has 0 amide bonds. The lowest BCUT2D eigenvalue weighted by atomic mass is 10.1. The second-order valence-electron chi connectivity index (χ2n) is 3.14. The summed E-state index contributed by atoms with van der Waals surface area (Å²) in [4.78, 5) is 18.6. The second kappa shape index (κ2) is 4.49. The van der Waals surface area contributed by atoms with E-state index in [1.54, 1.807) is 24.4 Å². The van der Waals surface area contributed by atoms with Crippen molar-refractivity contribution in [2.45, 2.75) is 0 Å². The normalized spacial score (nSPS) is 10.1. The first-order valence-corrected chi connectivity index (χ1v) is 5.39. The summed E-state index contributed by atoms with van der Waals surface area (Å²) < 4.78 is 5.38. The number of hydrogen-bond acceptors (Lipinski definition) is 3. The fraction of sp³-hybridized carbons (Fsp3) is 0.0909. The number of halogens is 1. The topological polar surface area (TPSA) is 55.0 Å². The molecule has 1 aromatic carbocycles. The van der Waals surface area contributed by atoms with Crippen LogP contribution in [0.15, 0.2) is 35.1 Å². The molecule has 16 heavy (non-hydrogen) atoms. The number of ether oxygens (including phenoxy) is 1. The van der Waals surface area contributed by atoms with Crippen LogP contribution in [0.1, 0.15) is 10.4 Å². The van der Waals surface area contributed by atoms with E-state index in [1.807, 2.05) is 6.07 Å². The SMILES string of the molecule is COC(=O)c1cccc(-c2nc(Br)c[nH]2)c1. The number of benzene rings is 1. The van der Waals surface area contributed by atoms with Crippen LogP contribution in [0.2, 0.25) is 0 Å². The summed E-state index contributed by atoms with van der Waals surface area (Å²) in [6, 6.07) is 7.10. The van der Waals surface area contributed by atoms with Gasteiger partial charge in [-0.25, -0.2) is 9.78 Å². The Balaban J connectivity index is 2.39. The summed E-state index contributed by atoms with van der Waals surface area (Å²) >= 11 is 3.26. The van der Waals surface area contributed by atoms with Gasteiger partial charge in [0, 0.05) is 11.8 Å². The number of H-pyrrole nitrogens is 1. The van der Waals surface area contributed by atoms with Crippen LogP contribution in [0.25, 0.3) is 11.4 Å². The lowest BCUT2D eigenvalue weighted by Crippen LogP contribution is -2.00. The minimum Gasteiger partial charge on any atom is -0.465 e. The number of carbonyl (C=O) groups is 1. The first-order chi connectivity index (χ1) is 7.70. The van der Waals surface area contributed by atoms with Crippen LogP contribution in [0.5, 0.6) is 0 Å². The summed E-state index contributed by atoms with van der Waals surface area (Å²) in [5.74, 6) is 0.352. The van der Waals surface area contributed by atoms with E-state index in [9.17, 15) is 4.79 Å². The first-order valence-electron chi connectivity index (χ1n) is 4.60. The number of nitrogens with zero attached hydrogens (tertiary/aromatic N) is 1. The molecule has 1 N–H and O–H groups in total. The van der Waals surface area contributed by atoms with Crippen molar-refractivity contribution >= 4 is 21.9 Å². The van der Waals surface area contributed by atoms with Gasteiger partial charge in [0.15, 0.2) is 0 Å². The molecule has 0 unspecified atom stereocenters. The molecule has 0 aliphatic rings. The maximum Gasteiger partial charge on any atom is 0.337 e. The number of hydrogen-bond donors (Lipinski definition) is 1. The quantitative estimate of drug-likeness (QED) is 0.861. The zero-order valence-electron chi connectivity index (χ0n) is 8.53. The van der Waals surface area contributed by atoms with Gasteiger partial charge in [0.25, 0.3) is 0 Å². The summed E-state index contributed by atoms with van der Waals surface area (Å²) in [5.41, 5.74) is 1.35. The highest BCUT2D eigenvalue weighted by molar-refractivity contribution is 9.10. The third-order valence-electron chi connectivity index (χ3n) is 2.10. The lowest BCUT2D eigenvalue weighted by Gasteiger charge is -2.01. The van der Waals surface area contributed by atoms with E-state index in [1.165, 1.54) is 7.11 Å². The van der Waals surface area contributed by atoms with Crippen molar-refractivity contribution in [3.8, 4) is 11.4 Å². The highest BCUT2D eigenvalue weighted by Gasteiger charge is 2.08. The van der Waals surface area contributed by atoms with Gasteiger partial charge in [0.05, 0.1) is 12.7 Å². The van der Waals surface area contributed by atoms with Gasteiger partial charge in [-0.1, -0.05) is 12.1 Å². The molecule has 1 heterocycles. The number of aromatic nitrogens is 2. The molecule has 82 valence electrons. The van der Waals surface area contributed by atoms with Crippen LogP contribution < -0.4 is 0 Å². The molecular weight excluding hydrogens is 272 g/mol. The molecule has 0 saturated heterocycles. The average Bonchev–Trinajstić information content (AvgIpc) is 2.75. The summed E-state index contributed by atoms with van der Waals surface area (Å²) in [7, 11) is 1.36. The molecule has 0 radical (unpaired) electrons. The Kier molecular flexibility index (Phi) is 3.05. The molecule has 0 aliphatic carbocycles. The van der Waals surface area contributed by atoms with Crippen molar-refractivity contribution in [3.63, 3.8) is 0 Å². The van der Waals surface area contributed by atoms with Crippen LogP contribution in [0, 0.1) is 0 Å². The van der Waals surface area contributed by atoms with Gasteiger partial charge >= 0.3 is 5.97 Å². The summed E-state index contributed by atoms with van der Waals surface area (Å²) in [6.45, 7) is 0. The Bertz CT molecular complexity index is 522. The second-order valence-corrected chi connectivity index (χ2v) is 3.96. The highest BCUT2D eigenvalue weighted by atomic mass is 79.9. The Hall–Kier alpha value is -1.62. The smallest absolute Gasteiger partial charge is 0.337 e. The Morgan fingerprint density at radius 1 is 1.50 bits per heavy atom. The van der Waals surface area contributed by atoms with E-state index >= 15 is 0 Å². The maximum atomic E-state index is 11.3. The molecule has 2 aromatic rings. The lowest BCUT2D eigenvalue weighted by molar-refractivity contribution is 0.0601. The van der Waals surface area contributed by atoms with Gasteiger partial charge in [-0.3, -0.25) is 0 Å². The van der Waals surface area contributed by atoms with E-state index in [2.05, 4.69) is 30.6 Å². The Labute approximate surface area is 101 Å². The number of carbonyl (C=O) groups excluding carboxylic acids is 1. The first kappa shape index (κ1) is 10.9.